The molecule has 0 spiro atoms. The lowest BCUT2D eigenvalue weighted by Gasteiger charge is -2.36. The Morgan fingerprint density at radius 1 is 1.24 bits per heavy atom. The second kappa shape index (κ2) is 6.59. The van der Waals surface area contributed by atoms with Gasteiger partial charge in [0.25, 0.3) is 5.91 Å². The summed E-state index contributed by atoms with van der Waals surface area (Å²) in [5.74, 6) is -0.754. The van der Waals surface area contributed by atoms with Gasteiger partial charge < -0.3 is 4.90 Å². The van der Waals surface area contributed by atoms with Crippen molar-refractivity contribution in [2.75, 3.05) is 13.6 Å². The fourth-order valence-corrected chi connectivity index (χ4v) is 3.97. The Balaban J connectivity index is 2.00. The van der Waals surface area contributed by atoms with Crippen LogP contribution in [-0.4, -0.2) is 48.9 Å². The van der Waals surface area contributed by atoms with Crippen LogP contribution in [0.5, 0.6) is 0 Å². The number of piperidine rings is 1. The lowest BCUT2D eigenvalue weighted by atomic mass is 10.0. The van der Waals surface area contributed by atoms with Gasteiger partial charge in [-0.15, -0.1) is 4.40 Å². The molecule has 1 saturated heterocycles. The van der Waals surface area contributed by atoms with Crippen molar-refractivity contribution in [3.8, 4) is 0 Å². The van der Waals surface area contributed by atoms with Gasteiger partial charge >= 0.3 is 10.2 Å². The van der Waals surface area contributed by atoms with Crippen molar-refractivity contribution in [2.45, 2.75) is 32.2 Å². The number of carbonyl (C=O) groups excluding carboxylic acids is 1. The third-order valence-corrected chi connectivity index (χ3v) is 5.91. The molecule has 6 nitrogen and oxygen atoms in total. The van der Waals surface area contributed by atoms with Crippen molar-refractivity contribution in [1.82, 2.24) is 9.21 Å². The van der Waals surface area contributed by atoms with Gasteiger partial charge in [0.05, 0.1) is 5.71 Å². The van der Waals surface area contributed by atoms with Crippen LogP contribution in [0, 0.1) is 5.82 Å². The standard InChI is InChI=1S/C17H20FN3O3S/c1-12-5-3-4-10-21(12)17(22)16-11-15(19-25(23,24)20(16)2)13-6-8-14(18)9-7-13/h6-9,11-12H,3-5,10H2,1-2H3. The number of likely N-dealkylation sites (tertiary alicyclic amines) is 1. The van der Waals surface area contributed by atoms with Crippen molar-refractivity contribution < 1.29 is 17.6 Å². The van der Waals surface area contributed by atoms with E-state index in [1.807, 2.05) is 6.92 Å². The lowest BCUT2D eigenvalue weighted by Crippen LogP contribution is -2.46. The molecular formula is C17H20FN3O3S. The molecule has 2 aliphatic rings. The molecule has 2 heterocycles. The SMILES string of the molecule is CC1CCCCN1C(=O)C1=CC(c2ccc(F)cc2)=NS(=O)(=O)N1C. The van der Waals surface area contributed by atoms with Crippen LogP contribution in [0.15, 0.2) is 40.4 Å². The maximum absolute atomic E-state index is 13.1. The highest BCUT2D eigenvalue weighted by atomic mass is 32.2. The molecule has 1 atom stereocenters. The van der Waals surface area contributed by atoms with Gasteiger partial charge in [-0.3, -0.25) is 4.79 Å². The Bertz CT molecular complexity index is 846. The first-order valence-corrected chi connectivity index (χ1v) is 9.57. The molecule has 1 fully saturated rings. The minimum Gasteiger partial charge on any atom is -0.335 e. The quantitative estimate of drug-likeness (QED) is 0.806. The molecule has 8 heteroatoms. The normalized spacial score (nSPS) is 23.1. The molecule has 25 heavy (non-hydrogen) atoms. The van der Waals surface area contributed by atoms with E-state index in [0.717, 1.165) is 23.6 Å². The first-order chi connectivity index (χ1) is 11.8. The predicted molar refractivity (Wildman–Crippen MR) is 92.7 cm³/mol. The Labute approximate surface area is 146 Å². The van der Waals surface area contributed by atoms with Crippen LogP contribution in [0.3, 0.4) is 0 Å². The number of amides is 1. The largest absolute Gasteiger partial charge is 0.345 e. The Morgan fingerprint density at radius 3 is 2.56 bits per heavy atom. The molecule has 0 aromatic heterocycles. The highest BCUT2D eigenvalue weighted by Gasteiger charge is 2.34. The van der Waals surface area contributed by atoms with E-state index >= 15 is 0 Å². The number of allylic oxidation sites excluding steroid dienone is 1. The molecule has 1 aromatic carbocycles. The number of nitrogens with zero attached hydrogens (tertiary/aromatic N) is 3. The molecule has 0 radical (unpaired) electrons. The van der Waals surface area contributed by atoms with Crippen molar-refractivity contribution in [3.63, 3.8) is 0 Å². The molecule has 0 N–H and O–H groups in total. The fourth-order valence-electron chi connectivity index (χ4n) is 3.06. The summed E-state index contributed by atoms with van der Waals surface area (Å²) in [7, 11) is -2.69. The molecule has 1 aromatic rings. The van der Waals surface area contributed by atoms with Crippen LogP contribution in [0.2, 0.25) is 0 Å². The van der Waals surface area contributed by atoms with Gasteiger partial charge in [-0.1, -0.05) is 0 Å². The van der Waals surface area contributed by atoms with Gasteiger partial charge in [0.15, 0.2) is 0 Å². The summed E-state index contributed by atoms with van der Waals surface area (Å²) in [6, 6.07) is 5.40. The first-order valence-electron chi connectivity index (χ1n) is 8.17. The van der Waals surface area contributed by atoms with E-state index in [1.165, 1.54) is 37.4 Å². The summed E-state index contributed by atoms with van der Waals surface area (Å²) >= 11 is 0. The molecular weight excluding hydrogens is 345 g/mol. The predicted octanol–water partition coefficient (Wildman–Crippen LogP) is 2.09. The smallest absolute Gasteiger partial charge is 0.335 e. The second-order valence-corrected chi connectivity index (χ2v) is 7.93. The first kappa shape index (κ1) is 17.6. The number of rotatable bonds is 2. The van der Waals surface area contributed by atoms with Crippen molar-refractivity contribution >= 4 is 21.8 Å². The molecule has 0 bridgehead atoms. The van der Waals surface area contributed by atoms with Gasteiger partial charge in [-0.25, -0.2) is 8.70 Å². The van der Waals surface area contributed by atoms with Crippen LogP contribution in [-0.2, 0) is 15.0 Å². The number of carbonyl (C=O) groups is 1. The molecule has 134 valence electrons. The van der Waals surface area contributed by atoms with Gasteiger partial charge in [-0.05, 0) is 56.5 Å². The Morgan fingerprint density at radius 2 is 1.92 bits per heavy atom. The van der Waals surface area contributed by atoms with Gasteiger partial charge in [0.2, 0.25) is 0 Å². The number of hydrogen-bond donors (Lipinski definition) is 0. The summed E-state index contributed by atoms with van der Waals surface area (Å²) in [6.45, 7) is 2.57. The summed E-state index contributed by atoms with van der Waals surface area (Å²) in [5, 5.41) is 0. The van der Waals surface area contributed by atoms with Crippen molar-refractivity contribution in [1.29, 1.82) is 0 Å². The summed E-state index contributed by atoms with van der Waals surface area (Å²) < 4.78 is 42.5. The maximum atomic E-state index is 13.1. The zero-order valence-electron chi connectivity index (χ0n) is 14.1. The van der Waals surface area contributed by atoms with Crippen LogP contribution in [0.1, 0.15) is 31.7 Å². The summed E-state index contributed by atoms with van der Waals surface area (Å²) in [6.07, 6.45) is 4.31. The fraction of sp³-hybridized carbons (Fsp3) is 0.412. The minimum absolute atomic E-state index is 0.0584. The maximum Gasteiger partial charge on any atom is 0.345 e. The van der Waals surface area contributed by atoms with Crippen LogP contribution >= 0.6 is 0 Å². The number of halogens is 1. The minimum atomic E-state index is -4.01. The summed E-state index contributed by atoms with van der Waals surface area (Å²) in [5.41, 5.74) is 0.629. The van der Waals surface area contributed by atoms with E-state index in [9.17, 15) is 17.6 Å². The number of likely N-dealkylation sites (N-methyl/N-ethyl adjacent to an activating group) is 1. The van der Waals surface area contributed by atoms with Crippen molar-refractivity contribution in [3.05, 3.63) is 47.4 Å². The average molecular weight is 365 g/mol. The van der Waals surface area contributed by atoms with Crippen molar-refractivity contribution in [2.24, 2.45) is 4.40 Å². The van der Waals surface area contributed by atoms with E-state index in [2.05, 4.69) is 4.40 Å². The molecule has 1 amide bonds. The van der Waals surface area contributed by atoms with Crippen LogP contribution < -0.4 is 0 Å². The van der Waals surface area contributed by atoms with Gasteiger partial charge in [-0.2, -0.15) is 8.42 Å². The highest BCUT2D eigenvalue weighted by Crippen LogP contribution is 2.25. The van der Waals surface area contributed by atoms with E-state index in [0.29, 0.717) is 12.1 Å². The van der Waals surface area contributed by atoms with E-state index in [1.54, 1.807) is 4.90 Å². The lowest BCUT2D eigenvalue weighted by molar-refractivity contribution is -0.131. The molecule has 2 aliphatic heterocycles. The third-order valence-electron chi connectivity index (χ3n) is 4.60. The van der Waals surface area contributed by atoms with E-state index in [-0.39, 0.29) is 23.4 Å². The molecule has 1 unspecified atom stereocenters. The highest BCUT2D eigenvalue weighted by molar-refractivity contribution is 7.88. The molecule has 3 rings (SSSR count). The topological polar surface area (TPSA) is 70.0 Å². The van der Waals surface area contributed by atoms with Gasteiger partial charge in [0.1, 0.15) is 11.5 Å². The average Bonchev–Trinajstić information content (AvgIpc) is 2.57. The van der Waals surface area contributed by atoms with Crippen LogP contribution in [0.4, 0.5) is 4.39 Å². The Kier molecular flexibility index (Phi) is 4.64. The van der Waals surface area contributed by atoms with Gasteiger partial charge in [0, 0.05) is 25.2 Å². The zero-order valence-corrected chi connectivity index (χ0v) is 15.0. The summed E-state index contributed by atoms with van der Waals surface area (Å²) in [4.78, 5) is 14.6. The third kappa shape index (κ3) is 3.44. The number of benzene rings is 1. The molecule has 0 saturated carbocycles. The van der Waals surface area contributed by atoms with E-state index in [4.69, 9.17) is 0 Å². The molecule has 0 aliphatic carbocycles. The number of hydrogen-bond acceptors (Lipinski definition) is 3. The monoisotopic (exact) mass is 365 g/mol. The van der Waals surface area contributed by atoms with Crippen LogP contribution in [0.25, 0.3) is 0 Å². The Hall–Kier alpha value is -2.22. The van der Waals surface area contributed by atoms with E-state index < -0.39 is 16.0 Å². The zero-order chi connectivity index (χ0) is 18.2. The second-order valence-electron chi connectivity index (χ2n) is 6.30.